The van der Waals surface area contributed by atoms with Crippen LogP contribution in [0.1, 0.15) is 42.1 Å². The normalized spacial score (nSPS) is 12.0. The number of halogens is 3. The first-order chi connectivity index (χ1) is 11.9. The molecule has 0 radical (unpaired) electrons. The van der Waals surface area contributed by atoms with E-state index in [1.165, 1.54) is 7.05 Å². The van der Waals surface area contributed by atoms with E-state index in [0.717, 1.165) is 18.4 Å². The van der Waals surface area contributed by atoms with Gasteiger partial charge in [0.1, 0.15) is 0 Å². The van der Waals surface area contributed by atoms with Crippen molar-refractivity contribution in [2.45, 2.75) is 38.9 Å². The molecule has 25 heavy (non-hydrogen) atoms. The standard InChI is InChI=1S/C17H25F3N4O/c1-3-4-10-22-15(25)14-7-5-13(6-8-14)12-24-16(21-2)23-11-9-17(18,19)20/h5-8H,3-4,9-12H2,1-2H3,(H,22,25)(H2,21,23,24). The van der Waals surface area contributed by atoms with Crippen LogP contribution in [0.3, 0.4) is 0 Å². The second-order valence-corrected chi connectivity index (χ2v) is 5.52. The van der Waals surface area contributed by atoms with Crippen molar-refractivity contribution in [3.63, 3.8) is 0 Å². The maximum atomic E-state index is 12.1. The number of nitrogens with one attached hydrogen (secondary N) is 3. The first-order valence-corrected chi connectivity index (χ1v) is 8.24. The molecule has 1 rings (SSSR count). The van der Waals surface area contributed by atoms with E-state index in [9.17, 15) is 18.0 Å². The number of carbonyl (C=O) groups is 1. The molecule has 0 spiro atoms. The lowest BCUT2D eigenvalue weighted by Crippen LogP contribution is -2.38. The van der Waals surface area contributed by atoms with Gasteiger partial charge in [0.15, 0.2) is 5.96 Å². The lowest BCUT2D eigenvalue weighted by atomic mass is 10.1. The highest BCUT2D eigenvalue weighted by molar-refractivity contribution is 5.94. The third-order valence-corrected chi connectivity index (χ3v) is 3.42. The minimum Gasteiger partial charge on any atom is -0.356 e. The van der Waals surface area contributed by atoms with Crippen molar-refractivity contribution in [1.29, 1.82) is 0 Å². The lowest BCUT2D eigenvalue weighted by Gasteiger charge is -2.13. The Morgan fingerprint density at radius 3 is 2.32 bits per heavy atom. The van der Waals surface area contributed by atoms with Crippen molar-refractivity contribution in [3.05, 3.63) is 35.4 Å². The summed E-state index contributed by atoms with van der Waals surface area (Å²) >= 11 is 0. The summed E-state index contributed by atoms with van der Waals surface area (Å²) in [7, 11) is 1.49. The first-order valence-electron chi connectivity index (χ1n) is 8.24. The minimum atomic E-state index is -4.20. The number of nitrogens with zero attached hydrogens (tertiary/aromatic N) is 1. The summed E-state index contributed by atoms with van der Waals surface area (Å²) < 4.78 is 36.4. The molecule has 0 unspecified atom stereocenters. The van der Waals surface area contributed by atoms with Crippen LogP contribution in [0.15, 0.2) is 29.3 Å². The number of unbranched alkanes of at least 4 members (excludes halogenated alkanes) is 1. The van der Waals surface area contributed by atoms with Gasteiger partial charge < -0.3 is 16.0 Å². The molecule has 0 heterocycles. The molecular weight excluding hydrogens is 333 g/mol. The lowest BCUT2D eigenvalue weighted by molar-refractivity contribution is -0.132. The Labute approximate surface area is 146 Å². The number of hydrogen-bond donors (Lipinski definition) is 3. The zero-order valence-corrected chi connectivity index (χ0v) is 14.5. The molecule has 1 aromatic carbocycles. The average Bonchev–Trinajstić information content (AvgIpc) is 2.57. The van der Waals surface area contributed by atoms with E-state index in [2.05, 4.69) is 27.9 Å². The van der Waals surface area contributed by atoms with Crippen molar-refractivity contribution >= 4 is 11.9 Å². The van der Waals surface area contributed by atoms with E-state index in [4.69, 9.17) is 0 Å². The monoisotopic (exact) mass is 358 g/mol. The third-order valence-electron chi connectivity index (χ3n) is 3.42. The summed E-state index contributed by atoms with van der Waals surface area (Å²) in [5, 5.41) is 8.38. The van der Waals surface area contributed by atoms with Crippen molar-refractivity contribution in [2.75, 3.05) is 20.1 Å². The van der Waals surface area contributed by atoms with E-state index in [1.807, 2.05) is 0 Å². The van der Waals surface area contributed by atoms with Gasteiger partial charge >= 0.3 is 6.18 Å². The van der Waals surface area contributed by atoms with E-state index < -0.39 is 12.6 Å². The Morgan fingerprint density at radius 1 is 1.08 bits per heavy atom. The number of alkyl halides is 3. The fourth-order valence-corrected chi connectivity index (χ4v) is 1.98. The molecule has 8 heteroatoms. The molecule has 0 bridgehead atoms. The number of aliphatic imine (C=N–C) groups is 1. The van der Waals surface area contributed by atoms with Crippen LogP contribution in [0.2, 0.25) is 0 Å². The first kappa shape index (κ1) is 20.8. The van der Waals surface area contributed by atoms with Gasteiger partial charge in [-0.3, -0.25) is 9.79 Å². The summed E-state index contributed by atoms with van der Waals surface area (Å²) in [5.41, 5.74) is 1.47. The van der Waals surface area contributed by atoms with Crippen LogP contribution in [0.5, 0.6) is 0 Å². The zero-order chi connectivity index (χ0) is 18.7. The number of benzene rings is 1. The SMILES string of the molecule is CCCCNC(=O)c1ccc(CNC(=NC)NCCC(F)(F)F)cc1. The van der Waals surface area contributed by atoms with Gasteiger partial charge in [-0.15, -0.1) is 0 Å². The van der Waals surface area contributed by atoms with Crippen LogP contribution in [0, 0.1) is 0 Å². The Morgan fingerprint density at radius 2 is 1.76 bits per heavy atom. The van der Waals surface area contributed by atoms with Gasteiger partial charge in [0.25, 0.3) is 5.91 Å². The maximum Gasteiger partial charge on any atom is 0.390 e. The molecule has 3 N–H and O–H groups in total. The summed E-state index contributed by atoms with van der Waals surface area (Å²) in [4.78, 5) is 15.8. The molecule has 1 amide bonds. The molecule has 0 fully saturated rings. The molecule has 140 valence electrons. The highest BCUT2D eigenvalue weighted by atomic mass is 19.4. The van der Waals surface area contributed by atoms with Crippen molar-refractivity contribution in [2.24, 2.45) is 4.99 Å². The second-order valence-electron chi connectivity index (χ2n) is 5.52. The second kappa shape index (κ2) is 10.6. The average molecular weight is 358 g/mol. The van der Waals surface area contributed by atoms with Gasteiger partial charge in [-0.05, 0) is 24.1 Å². The molecule has 0 saturated heterocycles. The Bertz CT molecular complexity index is 556. The smallest absolute Gasteiger partial charge is 0.356 e. The predicted molar refractivity (Wildman–Crippen MR) is 92.6 cm³/mol. The van der Waals surface area contributed by atoms with Gasteiger partial charge in [-0.2, -0.15) is 13.2 Å². The third kappa shape index (κ3) is 8.97. The summed E-state index contributed by atoms with van der Waals surface area (Å²) in [5.74, 6) is 0.184. The van der Waals surface area contributed by atoms with Gasteiger partial charge in [0.2, 0.25) is 0 Å². The van der Waals surface area contributed by atoms with Crippen LogP contribution < -0.4 is 16.0 Å². The molecule has 5 nitrogen and oxygen atoms in total. The van der Waals surface area contributed by atoms with Crippen molar-refractivity contribution in [3.8, 4) is 0 Å². The van der Waals surface area contributed by atoms with Gasteiger partial charge in [0, 0.05) is 32.2 Å². The summed E-state index contributed by atoms with van der Waals surface area (Å²) in [6.07, 6.45) is -3.16. The molecular formula is C17H25F3N4O. The number of guanidine groups is 1. The fourth-order valence-electron chi connectivity index (χ4n) is 1.98. The van der Waals surface area contributed by atoms with E-state index in [1.54, 1.807) is 24.3 Å². The van der Waals surface area contributed by atoms with Crippen LogP contribution in [-0.2, 0) is 6.54 Å². The summed E-state index contributed by atoms with van der Waals surface area (Å²) in [6.45, 7) is 2.86. The number of amides is 1. The van der Waals surface area contributed by atoms with Crippen molar-refractivity contribution in [1.82, 2.24) is 16.0 Å². The Kier molecular flexibility index (Phi) is 8.80. The van der Waals surface area contributed by atoms with Gasteiger partial charge in [0.05, 0.1) is 6.42 Å². The molecule has 0 aliphatic carbocycles. The van der Waals surface area contributed by atoms with Crippen molar-refractivity contribution < 1.29 is 18.0 Å². The largest absolute Gasteiger partial charge is 0.390 e. The van der Waals surface area contributed by atoms with Crippen LogP contribution in [0.4, 0.5) is 13.2 Å². The highest BCUT2D eigenvalue weighted by Gasteiger charge is 2.26. The minimum absolute atomic E-state index is 0.113. The van der Waals surface area contributed by atoms with Gasteiger partial charge in [-0.25, -0.2) is 0 Å². The number of rotatable bonds is 8. The molecule has 0 aliphatic heterocycles. The maximum absolute atomic E-state index is 12.1. The number of hydrogen-bond acceptors (Lipinski definition) is 2. The topological polar surface area (TPSA) is 65.5 Å². The molecule has 1 aromatic rings. The quantitative estimate of drug-likeness (QED) is 0.380. The predicted octanol–water partition coefficient (Wildman–Crippen LogP) is 2.83. The summed E-state index contributed by atoms with van der Waals surface area (Å²) in [6, 6.07) is 7.03. The highest BCUT2D eigenvalue weighted by Crippen LogP contribution is 2.18. The van der Waals surface area contributed by atoms with Gasteiger partial charge in [-0.1, -0.05) is 25.5 Å². The Hall–Kier alpha value is -2.25. The Balaban J connectivity index is 2.42. The molecule has 0 aliphatic rings. The van der Waals surface area contributed by atoms with Crippen LogP contribution >= 0.6 is 0 Å². The van der Waals surface area contributed by atoms with E-state index in [0.29, 0.717) is 24.6 Å². The molecule has 0 atom stereocenters. The van der Waals surface area contributed by atoms with E-state index >= 15 is 0 Å². The van der Waals surface area contributed by atoms with E-state index in [-0.39, 0.29) is 12.5 Å². The van der Waals surface area contributed by atoms with Crippen LogP contribution in [-0.4, -0.2) is 38.2 Å². The number of carbonyl (C=O) groups excluding carboxylic acids is 1. The molecule has 0 aromatic heterocycles. The van der Waals surface area contributed by atoms with Crippen LogP contribution in [0.25, 0.3) is 0 Å². The zero-order valence-electron chi connectivity index (χ0n) is 14.5. The molecule has 0 saturated carbocycles. The fraction of sp³-hybridized carbons (Fsp3) is 0.529.